The van der Waals surface area contributed by atoms with E-state index in [1.165, 1.54) is 0 Å². The molecule has 108 valence electrons. The van der Waals surface area contributed by atoms with Crippen molar-refractivity contribution in [3.63, 3.8) is 0 Å². The Morgan fingerprint density at radius 1 is 1.25 bits per heavy atom. The van der Waals surface area contributed by atoms with E-state index in [0.29, 0.717) is 26.2 Å². The lowest BCUT2D eigenvalue weighted by molar-refractivity contribution is -0.149. The Balaban J connectivity index is 1.55. The number of fused-ring (bicyclic) bond motifs is 1. The van der Waals surface area contributed by atoms with Crippen molar-refractivity contribution in [2.24, 2.45) is 0 Å². The topological polar surface area (TPSA) is 77.0 Å². The second kappa shape index (κ2) is 5.58. The summed E-state index contributed by atoms with van der Waals surface area (Å²) in [4.78, 5) is 10.8. The number of carbonyl (C=O) groups is 1. The standard InChI is InChI=1S/C14H17NO5/c16-14(17)12-4-2-10(20-12)8-15-9-1-3-11-13(7-9)19-6-5-18-11/h1,3,7,10,12,15H,2,4-6,8H2,(H,16,17). The van der Waals surface area contributed by atoms with E-state index in [4.69, 9.17) is 19.3 Å². The Kier molecular flexibility index (Phi) is 3.64. The van der Waals surface area contributed by atoms with Gasteiger partial charge in [0.15, 0.2) is 17.6 Å². The van der Waals surface area contributed by atoms with Crippen LogP contribution in [0.1, 0.15) is 12.8 Å². The van der Waals surface area contributed by atoms with Crippen LogP contribution in [0.4, 0.5) is 5.69 Å². The molecule has 2 unspecified atom stereocenters. The average Bonchev–Trinajstić information content (AvgIpc) is 2.94. The maximum absolute atomic E-state index is 10.8. The van der Waals surface area contributed by atoms with E-state index >= 15 is 0 Å². The van der Waals surface area contributed by atoms with E-state index in [1.54, 1.807) is 0 Å². The highest BCUT2D eigenvalue weighted by Gasteiger charge is 2.30. The van der Waals surface area contributed by atoms with Gasteiger partial charge in [-0.2, -0.15) is 0 Å². The minimum absolute atomic E-state index is 0.0655. The van der Waals surface area contributed by atoms with Crippen LogP contribution in [0.25, 0.3) is 0 Å². The van der Waals surface area contributed by atoms with Crippen molar-refractivity contribution in [2.75, 3.05) is 25.1 Å². The van der Waals surface area contributed by atoms with Gasteiger partial charge in [0, 0.05) is 18.3 Å². The summed E-state index contributed by atoms with van der Waals surface area (Å²) in [5.74, 6) is 0.605. The molecule has 0 aliphatic carbocycles. The highest BCUT2D eigenvalue weighted by molar-refractivity contribution is 5.72. The van der Waals surface area contributed by atoms with Crippen LogP contribution in [0, 0.1) is 0 Å². The predicted octanol–water partition coefficient (Wildman–Crippen LogP) is 1.50. The number of rotatable bonds is 4. The molecule has 1 aromatic rings. The quantitative estimate of drug-likeness (QED) is 0.870. The molecule has 2 aliphatic heterocycles. The van der Waals surface area contributed by atoms with Gasteiger partial charge < -0.3 is 24.6 Å². The van der Waals surface area contributed by atoms with Crippen LogP contribution in [0.15, 0.2) is 18.2 Å². The minimum atomic E-state index is -0.883. The molecule has 1 saturated heterocycles. The fourth-order valence-corrected chi connectivity index (χ4v) is 2.42. The number of hydrogen-bond donors (Lipinski definition) is 2. The van der Waals surface area contributed by atoms with Gasteiger partial charge in [-0.05, 0) is 25.0 Å². The third-order valence-electron chi connectivity index (χ3n) is 3.46. The smallest absolute Gasteiger partial charge is 0.332 e. The van der Waals surface area contributed by atoms with Crippen molar-refractivity contribution < 1.29 is 24.1 Å². The van der Waals surface area contributed by atoms with Gasteiger partial charge >= 0.3 is 5.97 Å². The van der Waals surface area contributed by atoms with Crippen LogP contribution in [0.5, 0.6) is 11.5 Å². The molecule has 0 amide bonds. The summed E-state index contributed by atoms with van der Waals surface area (Å²) in [5, 5.41) is 12.1. The Morgan fingerprint density at radius 2 is 2.05 bits per heavy atom. The van der Waals surface area contributed by atoms with E-state index in [-0.39, 0.29) is 6.10 Å². The first kappa shape index (κ1) is 13.1. The molecule has 0 spiro atoms. The number of carboxylic acids is 1. The Bertz CT molecular complexity index is 504. The summed E-state index contributed by atoms with van der Waals surface area (Å²) in [5.41, 5.74) is 0.914. The maximum Gasteiger partial charge on any atom is 0.332 e. The molecular weight excluding hydrogens is 262 g/mol. The fraction of sp³-hybridized carbons (Fsp3) is 0.500. The minimum Gasteiger partial charge on any atom is -0.486 e. The number of ether oxygens (including phenoxy) is 3. The summed E-state index contributed by atoms with van der Waals surface area (Å²) in [7, 11) is 0. The Morgan fingerprint density at radius 3 is 2.80 bits per heavy atom. The first-order chi connectivity index (χ1) is 9.72. The van der Waals surface area contributed by atoms with Gasteiger partial charge in [0.2, 0.25) is 0 Å². The van der Waals surface area contributed by atoms with Gasteiger partial charge in [0.1, 0.15) is 13.2 Å². The third kappa shape index (κ3) is 2.80. The molecule has 6 heteroatoms. The van der Waals surface area contributed by atoms with E-state index in [1.807, 2.05) is 18.2 Å². The molecule has 0 radical (unpaired) electrons. The predicted molar refractivity (Wildman–Crippen MR) is 71.5 cm³/mol. The van der Waals surface area contributed by atoms with Crippen LogP contribution in [0.3, 0.4) is 0 Å². The molecule has 2 heterocycles. The van der Waals surface area contributed by atoms with Crippen molar-refractivity contribution in [1.82, 2.24) is 0 Å². The summed E-state index contributed by atoms with van der Waals surface area (Å²) in [6.07, 6.45) is 0.600. The lowest BCUT2D eigenvalue weighted by Gasteiger charge is -2.19. The van der Waals surface area contributed by atoms with Gasteiger partial charge in [-0.3, -0.25) is 0 Å². The summed E-state index contributed by atoms with van der Waals surface area (Å²) >= 11 is 0. The van der Waals surface area contributed by atoms with Crippen LogP contribution < -0.4 is 14.8 Å². The molecule has 0 saturated carbocycles. The zero-order valence-electron chi connectivity index (χ0n) is 11.0. The molecule has 1 fully saturated rings. The molecule has 0 bridgehead atoms. The molecule has 3 rings (SSSR count). The number of carboxylic acid groups (broad SMARTS) is 1. The zero-order chi connectivity index (χ0) is 13.9. The first-order valence-electron chi connectivity index (χ1n) is 6.74. The monoisotopic (exact) mass is 279 g/mol. The molecule has 2 N–H and O–H groups in total. The zero-order valence-corrected chi connectivity index (χ0v) is 11.0. The molecule has 2 atom stereocenters. The first-order valence-corrected chi connectivity index (χ1v) is 6.74. The van der Waals surface area contributed by atoms with Crippen molar-refractivity contribution in [2.45, 2.75) is 25.0 Å². The van der Waals surface area contributed by atoms with Gasteiger partial charge in [-0.1, -0.05) is 0 Å². The van der Waals surface area contributed by atoms with Crippen molar-refractivity contribution in [3.05, 3.63) is 18.2 Å². The van der Waals surface area contributed by atoms with Crippen molar-refractivity contribution >= 4 is 11.7 Å². The highest BCUT2D eigenvalue weighted by Crippen LogP contribution is 2.32. The second-order valence-corrected chi connectivity index (χ2v) is 4.90. The van der Waals surface area contributed by atoms with Gasteiger partial charge in [0.05, 0.1) is 6.10 Å². The number of benzene rings is 1. The Labute approximate surface area is 116 Å². The molecular formula is C14H17NO5. The largest absolute Gasteiger partial charge is 0.486 e. The summed E-state index contributed by atoms with van der Waals surface area (Å²) in [6, 6.07) is 5.67. The van der Waals surface area contributed by atoms with Crippen molar-refractivity contribution in [1.29, 1.82) is 0 Å². The molecule has 6 nitrogen and oxygen atoms in total. The number of nitrogens with one attached hydrogen (secondary N) is 1. The third-order valence-corrected chi connectivity index (χ3v) is 3.46. The lowest BCUT2D eigenvalue weighted by atomic mass is 10.2. The van der Waals surface area contributed by atoms with Gasteiger partial charge in [-0.15, -0.1) is 0 Å². The van der Waals surface area contributed by atoms with E-state index in [0.717, 1.165) is 23.6 Å². The highest BCUT2D eigenvalue weighted by atomic mass is 16.6. The Hall–Kier alpha value is -1.95. The second-order valence-electron chi connectivity index (χ2n) is 4.90. The van der Waals surface area contributed by atoms with Crippen LogP contribution in [-0.4, -0.2) is 43.0 Å². The number of hydrogen-bond acceptors (Lipinski definition) is 5. The SMILES string of the molecule is O=C(O)C1CCC(CNc2ccc3c(c2)OCCO3)O1. The van der Waals surface area contributed by atoms with Crippen LogP contribution in [-0.2, 0) is 9.53 Å². The molecule has 2 aliphatic rings. The van der Waals surface area contributed by atoms with Crippen LogP contribution in [0.2, 0.25) is 0 Å². The number of anilines is 1. The molecule has 1 aromatic carbocycles. The number of aliphatic carboxylic acids is 1. The van der Waals surface area contributed by atoms with Gasteiger partial charge in [0.25, 0.3) is 0 Å². The lowest BCUT2D eigenvalue weighted by Crippen LogP contribution is -2.24. The van der Waals surface area contributed by atoms with E-state index < -0.39 is 12.1 Å². The van der Waals surface area contributed by atoms with E-state index in [2.05, 4.69) is 5.32 Å². The fourth-order valence-electron chi connectivity index (χ4n) is 2.42. The molecule has 20 heavy (non-hydrogen) atoms. The van der Waals surface area contributed by atoms with E-state index in [9.17, 15) is 4.79 Å². The van der Waals surface area contributed by atoms with Crippen LogP contribution >= 0.6 is 0 Å². The molecule has 0 aromatic heterocycles. The average molecular weight is 279 g/mol. The summed E-state index contributed by atoms with van der Waals surface area (Å²) in [6.45, 7) is 1.72. The maximum atomic E-state index is 10.8. The summed E-state index contributed by atoms with van der Waals surface area (Å²) < 4.78 is 16.4. The van der Waals surface area contributed by atoms with Crippen molar-refractivity contribution in [3.8, 4) is 11.5 Å². The van der Waals surface area contributed by atoms with Gasteiger partial charge in [-0.25, -0.2) is 4.79 Å². The normalized spacial score (nSPS) is 24.4.